The molecule has 0 aromatic heterocycles. The van der Waals surface area contributed by atoms with E-state index in [4.69, 9.17) is 0 Å². The van der Waals surface area contributed by atoms with Gasteiger partial charge in [-0.25, -0.2) is 8.42 Å². The minimum Gasteiger partial charge on any atom is -0.346 e. The summed E-state index contributed by atoms with van der Waals surface area (Å²) in [6.45, 7) is 7.81. The third kappa shape index (κ3) is 5.07. The van der Waals surface area contributed by atoms with Crippen LogP contribution < -0.4 is 10.0 Å². The lowest BCUT2D eigenvalue weighted by atomic mass is 10.00. The first-order valence-electron chi connectivity index (χ1n) is 9.73. The Kier molecular flexibility index (Phi) is 6.27. The van der Waals surface area contributed by atoms with Crippen molar-refractivity contribution in [2.45, 2.75) is 38.6 Å². The van der Waals surface area contributed by atoms with Crippen LogP contribution in [0.2, 0.25) is 0 Å². The molecule has 156 valence electrons. The van der Waals surface area contributed by atoms with E-state index in [-0.39, 0.29) is 16.8 Å². The number of hydrogen-bond acceptors (Lipinski definition) is 3. The maximum atomic E-state index is 12.8. The van der Waals surface area contributed by atoms with Gasteiger partial charge in [0.1, 0.15) is 0 Å². The minimum atomic E-state index is -3.81. The molecule has 0 bridgehead atoms. The predicted octanol–water partition coefficient (Wildman–Crippen LogP) is 4.90. The third-order valence-corrected chi connectivity index (χ3v) is 6.30. The number of amides is 1. The predicted molar refractivity (Wildman–Crippen MR) is 120 cm³/mol. The van der Waals surface area contributed by atoms with E-state index < -0.39 is 10.0 Å². The van der Waals surface area contributed by atoms with Crippen molar-refractivity contribution in [2.75, 3.05) is 4.72 Å². The van der Waals surface area contributed by atoms with Gasteiger partial charge in [-0.05, 0) is 74.7 Å². The van der Waals surface area contributed by atoms with Crippen LogP contribution in [-0.2, 0) is 10.0 Å². The maximum absolute atomic E-state index is 12.8. The molecule has 0 aliphatic rings. The van der Waals surface area contributed by atoms with E-state index in [2.05, 4.69) is 10.0 Å². The first-order valence-corrected chi connectivity index (χ1v) is 11.2. The molecule has 0 aliphatic heterocycles. The molecule has 2 N–H and O–H groups in total. The normalized spacial score (nSPS) is 12.3. The molecule has 3 aromatic rings. The second-order valence-corrected chi connectivity index (χ2v) is 9.24. The smallest absolute Gasteiger partial charge is 0.261 e. The fourth-order valence-corrected chi connectivity index (χ4v) is 4.41. The molecule has 0 heterocycles. The maximum Gasteiger partial charge on any atom is 0.261 e. The summed E-state index contributed by atoms with van der Waals surface area (Å²) in [5, 5.41) is 2.96. The number of aryl methyl sites for hydroxylation is 3. The standard InChI is InChI=1S/C24H26N2O3S/c1-16-7-5-9-21(13-16)26-30(28,29)22-10-6-8-20(15-22)24(27)25-19(4)23-14-17(2)11-12-18(23)3/h5-15,19,26H,1-4H3,(H,25,27). The van der Waals surface area contributed by atoms with Crippen molar-refractivity contribution in [3.63, 3.8) is 0 Å². The molecule has 0 fully saturated rings. The molecule has 0 spiro atoms. The van der Waals surface area contributed by atoms with Gasteiger partial charge in [0.05, 0.1) is 10.9 Å². The van der Waals surface area contributed by atoms with Gasteiger partial charge in [0.25, 0.3) is 15.9 Å². The Morgan fingerprint density at radius 2 is 1.57 bits per heavy atom. The SMILES string of the molecule is Cc1cccc(NS(=O)(=O)c2cccc(C(=O)NC(C)c3cc(C)ccc3C)c2)c1. The van der Waals surface area contributed by atoms with Gasteiger partial charge in [-0.1, -0.05) is 42.0 Å². The van der Waals surface area contributed by atoms with Crippen LogP contribution in [-0.4, -0.2) is 14.3 Å². The Morgan fingerprint density at radius 1 is 0.867 bits per heavy atom. The summed E-state index contributed by atoms with van der Waals surface area (Å²) in [5.74, 6) is -0.323. The van der Waals surface area contributed by atoms with E-state index in [9.17, 15) is 13.2 Å². The molecule has 5 nitrogen and oxygen atoms in total. The highest BCUT2D eigenvalue weighted by molar-refractivity contribution is 7.92. The van der Waals surface area contributed by atoms with Gasteiger partial charge in [-0.3, -0.25) is 9.52 Å². The number of rotatable bonds is 6. The quantitative estimate of drug-likeness (QED) is 0.593. The summed E-state index contributed by atoms with van der Waals surface area (Å²) < 4.78 is 28.1. The van der Waals surface area contributed by atoms with Crippen LogP contribution in [0.3, 0.4) is 0 Å². The van der Waals surface area contributed by atoms with Crippen molar-refractivity contribution >= 4 is 21.6 Å². The summed E-state index contributed by atoms with van der Waals surface area (Å²) in [5.41, 5.74) is 4.96. The van der Waals surface area contributed by atoms with Crippen molar-refractivity contribution in [1.82, 2.24) is 5.32 Å². The highest BCUT2D eigenvalue weighted by atomic mass is 32.2. The van der Waals surface area contributed by atoms with E-state index >= 15 is 0 Å². The van der Waals surface area contributed by atoms with Gasteiger partial charge < -0.3 is 5.32 Å². The molecular weight excluding hydrogens is 396 g/mol. The Morgan fingerprint density at radius 3 is 2.30 bits per heavy atom. The highest BCUT2D eigenvalue weighted by Crippen LogP contribution is 2.21. The molecule has 6 heteroatoms. The second-order valence-electron chi connectivity index (χ2n) is 7.56. The molecule has 1 atom stereocenters. The van der Waals surface area contributed by atoms with Crippen LogP contribution in [0, 0.1) is 20.8 Å². The van der Waals surface area contributed by atoms with Gasteiger partial charge in [0.2, 0.25) is 0 Å². The number of hydrogen-bond donors (Lipinski definition) is 2. The molecule has 3 rings (SSSR count). The van der Waals surface area contributed by atoms with Gasteiger partial charge in [0.15, 0.2) is 0 Å². The van der Waals surface area contributed by atoms with E-state index in [0.717, 1.165) is 22.3 Å². The van der Waals surface area contributed by atoms with Crippen LogP contribution in [0.4, 0.5) is 5.69 Å². The molecule has 1 amide bonds. The summed E-state index contributed by atoms with van der Waals surface area (Å²) in [4.78, 5) is 12.8. The van der Waals surface area contributed by atoms with E-state index in [1.807, 2.05) is 52.0 Å². The fourth-order valence-electron chi connectivity index (χ4n) is 3.31. The average Bonchev–Trinajstić information content (AvgIpc) is 2.69. The lowest BCUT2D eigenvalue weighted by Crippen LogP contribution is -2.27. The van der Waals surface area contributed by atoms with E-state index in [0.29, 0.717) is 11.3 Å². The largest absolute Gasteiger partial charge is 0.346 e. The first-order chi connectivity index (χ1) is 14.2. The van der Waals surface area contributed by atoms with Gasteiger partial charge in [0, 0.05) is 11.3 Å². The Balaban J connectivity index is 1.80. The average molecular weight is 423 g/mol. The zero-order chi connectivity index (χ0) is 21.9. The Hall–Kier alpha value is -3.12. The van der Waals surface area contributed by atoms with Gasteiger partial charge in [-0.2, -0.15) is 0 Å². The van der Waals surface area contributed by atoms with Gasteiger partial charge in [-0.15, -0.1) is 0 Å². The number of carbonyl (C=O) groups is 1. The number of carbonyl (C=O) groups excluding carboxylic acids is 1. The van der Waals surface area contributed by atoms with Gasteiger partial charge >= 0.3 is 0 Å². The van der Waals surface area contributed by atoms with Crippen LogP contribution >= 0.6 is 0 Å². The van der Waals surface area contributed by atoms with Crippen molar-refractivity contribution < 1.29 is 13.2 Å². The number of sulfonamides is 1. The number of benzene rings is 3. The minimum absolute atomic E-state index is 0.0380. The van der Waals surface area contributed by atoms with Crippen LogP contribution in [0.1, 0.15) is 45.6 Å². The number of nitrogens with one attached hydrogen (secondary N) is 2. The summed E-state index contributed by atoms with van der Waals surface area (Å²) >= 11 is 0. The van der Waals surface area contributed by atoms with E-state index in [1.54, 1.807) is 30.3 Å². The van der Waals surface area contributed by atoms with E-state index in [1.165, 1.54) is 12.1 Å². The Labute approximate surface area is 178 Å². The number of anilines is 1. The molecular formula is C24H26N2O3S. The highest BCUT2D eigenvalue weighted by Gasteiger charge is 2.18. The monoisotopic (exact) mass is 422 g/mol. The van der Waals surface area contributed by atoms with Crippen molar-refractivity contribution in [3.8, 4) is 0 Å². The molecule has 0 saturated carbocycles. The third-order valence-electron chi connectivity index (χ3n) is 4.93. The summed E-state index contributed by atoms with van der Waals surface area (Å²) in [6.07, 6.45) is 0. The van der Waals surface area contributed by atoms with Crippen LogP contribution in [0.25, 0.3) is 0 Å². The molecule has 0 aliphatic carbocycles. The Bertz CT molecular complexity index is 1190. The second kappa shape index (κ2) is 8.71. The molecule has 30 heavy (non-hydrogen) atoms. The van der Waals surface area contributed by atoms with Crippen LogP contribution in [0.15, 0.2) is 71.6 Å². The topological polar surface area (TPSA) is 75.3 Å². The first kappa shape index (κ1) is 21.6. The lowest BCUT2D eigenvalue weighted by molar-refractivity contribution is 0.0939. The van der Waals surface area contributed by atoms with Crippen molar-refractivity contribution in [1.29, 1.82) is 0 Å². The summed E-state index contributed by atoms with van der Waals surface area (Å²) in [6, 6.07) is 19.1. The lowest BCUT2D eigenvalue weighted by Gasteiger charge is -2.18. The van der Waals surface area contributed by atoms with Crippen molar-refractivity contribution in [3.05, 3.63) is 94.5 Å². The van der Waals surface area contributed by atoms with Crippen molar-refractivity contribution in [2.24, 2.45) is 0 Å². The zero-order valence-corrected chi connectivity index (χ0v) is 18.4. The zero-order valence-electron chi connectivity index (χ0n) is 17.6. The van der Waals surface area contributed by atoms with Crippen LogP contribution in [0.5, 0.6) is 0 Å². The molecule has 3 aromatic carbocycles. The molecule has 0 saturated heterocycles. The fraction of sp³-hybridized carbons (Fsp3) is 0.208. The molecule has 1 unspecified atom stereocenters. The molecule has 0 radical (unpaired) electrons. The summed E-state index contributed by atoms with van der Waals surface area (Å²) in [7, 11) is -3.81.